The van der Waals surface area contributed by atoms with Gasteiger partial charge in [-0.05, 0) is 54.7 Å². The normalized spacial score (nSPS) is 15.9. The second kappa shape index (κ2) is 7.23. The smallest absolute Gasteiger partial charge is 0.160 e. The lowest BCUT2D eigenvalue weighted by atomic mass is 9.76. The van der Waals surface area contributed by atoms with Gasteiger partial charge in [0, 0.05) is 12.0 Å². The van der Waals surface area contributed by atoms with Crippen molar-refractivity contribution in [2.24, 2.45) is 5.41 Å². The molecule has 0 unspecified atom stereocenters. The van der Waals surface area contributed by atoms with Crippen molar-refractivity contribution in [2.75, 3.05) is 27.4 Å². The summed E-state index contributed by atoms with van der Waals surface area (Å²) in [6.45, 7) is 1.42. The minimum Gasteiger partial charge on any atom is -0.504 e. The first-order valence-electron chi connectivity index (χ1n) is 8.35. The van der Waals surface area contributed by atoms with E-state index in [4.69, 9.17) is 14.2 Å². The highest BCUT2D eigenvalue weighted by Crippen LogP contribution is 2.39. The monoisotopic (exact) mass is 344 g/mol. The standard InChI is InChI=1S/C20H24O5/c1-23-18-9-14(3-5-16(18)21)11-20(7-8-25-13-20)12-15-4-6-17(22)19(10-15)24-2/h3-6,9-10,21-22H,7-8,11-13H2,1-2H3. The maximum Gasteiger partial charge on any atom is 0.160 e. The van der Waals surface area contributed by atoms with Gasteiger partial charge in [-0.25, -0.2) is 0 Å². The van der Waals surface area contributed by atoms with Crippen LogP contribution >= 0.6 is 0 Å². The van der Waals surface area contributed by atoms with Gasteiger partial charge in [0.1, 0.15) is 0 Å². The van der Waals surface area contributed by atoms with Crippen molar-refractivity contribution in [3.8, 4) is 23.0 Å². The Bertz CT molecular complexity index is 677. The summed E-state index contributed by atoms with van der Waals surface area (Å²) in [5.74, 6) is 1.26. The third-order valence-electron chi connectivity index (χ3n) is 4.83. The van der Waals surface area contributed by atoms with Gasteiger partial charge < -0.3 is 24.4 Å². The van der Waals surface area contributed by atoms with Crippen LogP contribution < -0.4 is 9.47 Å². The molecule has 1 heterocycles. The SMILES string of the molecule is COc1cc(CC2(Cc3ccc(O)c(OC)c3)CCOC2)ccc1O. The molecule has 2 aromatic rings. The number of phenolic OH excluding ortho intramolecular Hbond substituents is 2. The van der Waals surface area contributed by atoms with Gasteiger partial charge in [0.15, 0.2) is 23.0 Å². The third kappa shape index (κ3) is 3.82. The Morgan fingerprint density at radius 3 is 1.84 bits per heavy atom. The molecule has 0 aliphatic carbocycles. The average Bonchev–Trinajstić information content (AvgIpc) is 3.06. The molecule has 0 atom stereocenters. The van der Waals surface area contributed by atoms with E-state index in [2.05, 4.69) is 0 Å². The Kier molecular flexibility index (Phi) is 5.04. The molecule has 1 fully saturated rings. The molecule has 2 N–H and O–H groups in total. The number of rotatable bonds is 6. The van der Waals surface area contributed by atoms with Crippen LogP contribution in [-0.4, -0.2) is 37.6 Å². The first-order chi connectivity index (χ1) is 12.0. The number of ether oxygens (including phenoxy) is 3. The van der Waals surface area contributed by atoms with Crippen LogP contribution in [0, 0.1) is 5.41 Å². The lowest BCUT2D eigenvalue weighted by Gasteiger charge is -2.28. The van der Waals surface area contributed by atoms with E-state index in [9.17, 15) is 10.2 Å². The molecule has 0 bridgehead atoms. The molecule has 25 heavy (non-hydrogen) atoms. The number of hydrogen-bond acceptors (Lipinski definition) is 5. The fraction of sp³-hybridized carbons (Fsp3) is 0.400. The van der Waals surface area contributed by atoms with Crippen molar-refractivity contribution in [3.05, 3.63) is 47.5 Å². The zero-order valence-electron chi connectivity index (χ0n) is 14.6. The topological polar surface area (TPSA) is 68.2 Å². The highest BCUT2D eigenvalue weighted by molar-refractivity contribution is 5.43. The van der Waals surface area contributed by atoms with Gasteiger partial charge in [-0.3, -0.25) is 0 Å². The van der Waals surface area contributed by atoms with Crippen LogP contribution in [0.5, 0.6) is 23.0 Å². The van der Waals surface area contributed by atoms with Gasteiger partial charge in [0.05, 0.1) is 20.8 Å². The molecule has 1 aliphatic rings. The quantitative estimate of drug-likeness (QED) is 0.841. The Morgan fingerprint density at radius 2 is 1.44 bits per heavy atom. The predicted octanol–water partition coefficient (Wildman–Crippen LogP) is 3.31. The summed E-state index contributed by atoms with van der Waals surface area (Å²) in [7, 11) is 3.10. The summed E-state index contributed by atoms with van der Waals surface area (Å²) in [4.78, 5) is 0. The first kappa shape index (κ1) is 17.4. The van der Waals surface area contributed by atoms with Crippen LogP contribution in [0.4, 0.5) is 0 Å². The molecule has 3 rings (SSSR count). The van der Waals surface area contributed by atoms with E-state index in [0.717, 1.165) is 37.0 Å². The van der Waals surface area contributed by atoms with Crippen LogP contribution in [0.15, 0.2) is 36.4 Å². The lowest BCUT2D eigenvalue weighted by Crippen LogP contribution is -2.27. The zero-order valence-corrected chi connectivity index (χ0v) is 14.6. The Morgan fingerprint density at radius 1 is 0.920 bits per heavy atom. The molecule has 0 spiro atoms. The van der Waals surface area contributed by atoms with Crippen molar-refractivity contribution in [1.82, 2.24) is 0 Å². The highest BCUT2D eigenvalue weighted by Gasteiger charge is 2.35. The zero-order chi connectivity index (χ0) is 17.9. The predicted molar refractivity (Wildman–Crippen MR) is 94.6 cm³/mol. The van der Waals surface area contributed by atoms with E-state index in [1.807, 2.05) is 24.3 Å². The molecule has 0 aromatic heterocycles. The molecular formula is C20H24O5. The largest absolute Gasteiger partial charge is 0.504 e. The van der Waals surface area contributed by atoms with Crippen LogP contribution in [0.1, 0.15) is 17.5 Å². The average molecular weight is 344 g/mol. The number of hydrogen-bond donors (Lipinski definition) is 2. The molecule has 1 aliphatic heterocycles. The van der Waals surface area contributed by atoms with E-state index in [-0.39, 0.29) is 16.9 Å². The van der Waals surface area contributed by atoms with Gasteiger partial charge in [-0.2, -0.15) is 0 Å². The molecule has 0 saturated carbocycles. The molecule has 134 valence electrons. The number of phenols is 2. The molecule has 5 heteroatoms. The Labute approximate surface area is 147 Å². The second-order valence-corrected chi connectivity index (χ2v) is 6.67. The van der Waals surface area contributed by atoms with Crippen LogP contribution in [-0.2, 0) is 17.6 Å². The van der Waals surface area contributed by atoms with E-state index < -0.39 is 0 Å². The fourth-order valence-electron chi connectivity index (χ4n) is 3.52. The molecule has 1 saturated heterocycles. The van der Waals surface area contributed by atoms with Gasteiger partial charge in [-0.15, -0.1) is 0 Å². The van der Waals surface area contributed by atoms with E-state index in [1.54, 1.807) is 26.4 Å². The van der Waals surface area contributed by atoms with Crippen molar-refractivity contribution in [3.63, 3.8) is 0 Å². The van der Waals surface area contributed by atoms with Crippen molar-refractivity contribution in [1.29, 1.82) is 0 Å². The maximum absolute atomic E-state index is 9.79. The van der Waals surface area contributed by atoms with Crippen LogP contribution in [0.25, 0.3) is 0 Å². The second-order valence-electron chi connectivity index (χ2n) is 6.67. The van der Waals surface area contributed by atoms with Crippen molar-refractivity contribution >= 4 is 0 Å². The number of benzene rings is 2. The van der Waals surface area contributed by atoms with Gasteiger partial charge >= 0.3 is 0 Å². The van der Waals surface area contributed by atoms with E-state index >= 15 is 0 Å². The summed E-state index contributed by atoms with van der Waals surface area (Å²) in [6.07, 6.45) is 2.61. The van der Waals surface area contributed by atoms with E-state index in [0.29, 0.717) is 18.1 Å². The first-order valence-corrected chi connectivity index (χ1v) is 8.35. The number of aromatic hydroxyl groups is 2. The minimum absolute atomic E-state index is 0.0238. The van der Waals surface area contributed by atoms with Gasteiger partial charge in [0.25, 0.3) is 0 Å². The molecule has 0 radical (unpaired) electrons. The third-order valence-corrected chi connectivity index (χ3v) is 4.83. The van der Waals surface area contributed by atoms with Crippen molar-refractivity contribution in [2.45, 2.75) is 19.3 Å². The summed E-state index contributed by atoms with van der Waals surface area (Å²) in [6, 6.07) is 11.0. The van der Waals surface area contributed by atoms with Crippen LogP contribution in [0.3, 0.4) is 0 Å². The summed E-state index contributed by atoms with van der Waals surface area (Å²) < 4.78 is 16.1. The summed E-state index contributed by atoms with van der Waals surface area (Å²) >= 11 is 0. The molecule has 0 amide bonds. The van der Waals surface area contributed by atoms with E-state index in [1.165, 1.54) is 0 Å². The lowest BCUT2D eigenvalue weighted by molar-refractivity contribution is 0.150. The highest BCUT2D eigenvalue weighted by atomic mass is 16.5. The summed E-state index contributed by atoms with van der Waals surface area (Å²) in [5.41, 5.74) is 2.18. The number of methoxy groups -OCH3 is 2. The maximum atomic E-state index is 9.79. The van der Waals surface area contributed by atoms with Gasteiger partial charge in [0.2, 0.25) is 0 Å². The molecule has 2 aromatic carbocycles. The van der Waals surface area contributed by atoms with Gasteiger partial charge in [-0.1, -0.05) is 12.1 Å². The summed E-state index contributed by atoms with van der Waals surface area (Å²) in [5, 5.41) is 19.6. The van der Waals surface area contributed by atoms with Crippen LogP contribution in [0.2, 0.25) is 0 Å². The molecular weight excluding hydrogens is 320 g/mol. The Hall–Kier alpha value is -2.40. The van der Waals surface area contributed by atoms with Crippen molar-refractivity contribution < 1.29 is 24.4 Å². The Balaban J connectivity index is 1.84. The minimum atomic E-state index is -0.0238. The fourth-order valence-corrected chi connectivity index (χ4v) is 3.52. The molecule has 5 nitrogen and oxygen atoms in total.